The van der Waals surface area contributed by atoms with E-state index in [1.54, 1.807) is 19.4 Å². The molecule has 2 aromatic carbocycles. The van der Waals surface area contributed by atoms with Gasteiger partial charge in [-0.1, -0.05) is 29.8 Å². The van der Waals surface area contributed by atoms with Crippen molar-refractivity contribution in [2.24, 2.45) is 0 Å². The Morgan fingerprint density at radius 3 is 2.76 bits per heavy atom. The van der Waals surface area contributed by atoms with Crippen molar-refractivity contribution in [2.45, 2.75) is 13.0 Å². The van der Waals surface area contributed by atoms with E-state index in [1.165, 1.54) is 0 Å². The molecule has 0 aliphatic heterocycles. The van der Waals surface area contributed by atoms with Crippen molar-refractivity contribution < 1.29 is 0 Å². The van der Waals surface area contributed by atoms with Gasteiger partial charge in [-0.2, -0.15) is 0 Å². The van der Waals surface area contributed by atoms with Crippen LogP contribution in [0.4, 0.5) is 0 Å². The summed E-state index contributed by atoms with van der Waals surface area (Å²) in [5.41, 5.74) is 3.80. The molecule has 0 saturated carbocycles. The van der Waals surface area contributed by atoms with Crippen LogP contribution < -0.4 is 5.56 Å². The van der Waals surface area contributed by atoms with Gasteiger partial charge in [0.25, 0.3) is 5.56 Å². The summed E-state index contributed by atoms with van der Waals surface area (Å²) >= 11 is 6.19. The third kappa shape index (κ3) is 2.94. The second-order valence-electron chi connectivity index (χ2n) is 5.90. The van der Waals surface area contributed by atoms with Crippen molar-refractivity contribution in [1.82, 2.24) is 19.5 Å². The van der Waals surface area contributed by atoms with Crippen molar-refractivity contribution in [2.75, 3.05) is 0 Å². The van der Waals surface area contributed by atoms with Crippen LogP contribution in [0.1, 0.15) is 22.9 Å². The topological polar surface area (TPSA) is 63.6 Å². The number of nitrogens with one attached hydrogen (secondary N) is 1. The van der Waals surface area contributed by atoms with Gasteiger partial charge in [-0.25, -0.2) is 9.97 Å². The first-order valence-corrected chi connectivity index (χ1v) is 8.23. The molecule has 0 spiro atoms. The van der Waals surface area contributed by atoms with Gasteiger partial charge in [-0.05, 0) is 42.3 Å². The highest BCUT2D eigenvalue weighted by molar-refractivity contribution is 6.30. The first-order valence-electron chi connectivity index (χ1n) is 7.85. The first-order chi connectivity index (χ1) is 12.1. The summed E-state index contributed by atoms with van der Waals surface area (Å²) < 4.78 is 2.01. The van der Waals surface area contributed by atoms with Crippen LogP contribution in [-0.4, -0.2) is 19.5 Å². The maximum absolute atomic E-state index is 11.9. The van der Waals surface area contributed by atoms with Gasteiger partial charge in [-0.3, -0.25) is 4.79 Å². The predicted octanol–water partition coefficient (Wildman–Crippen LogP) is 3.72. The Bertz CT molecular complexity index is 1100. The van der Waals surface area contributed by atoms with Gasteiger partial charge < -0.3 is 9.55 Å². The highest BCUT2D eigenvalue weighted by Gasteiger charge is 2.17. The maximum Gasteiger partial charge on any atom is 0.269 e. The van der Waals surface area contributed by atoms with Crippen molar-refractivity contribution in [3.05, 3.63) is 93.4 Å². The van der Waals surface area contributed by atoms with E-state index in [9.17, 15) is 4.79 Å². The average molecular weight is 351 g/mol. The predicted molar refractivity (Wildman–Crippen MR) is 98.0 cm³/mol. The molecule has 0 amide bonds. The third-order valence-corrected chi connectivity index (χ3v) is 4.42. The summed E-state index contributed by atoms with van der Waals surface area (Å²) in [6, 6.07) is 13.5. The number of nitrogens with zero attached hydrogens (tertiary/aromatic N) is 3. The fourth-order valence-corrected chi connectivity index (χ4v) is 3.20. The van der Waals surface area contributed by atoms with E-state index in [1.807, 2.05) is 53.2 Å². The number of fused-ring (bicyclic) bond motifs is 1. The SMILES string of the molecule is Cc1nc2ccc(C(c3cccc(Cl)c3)n3ccnc3)cc2[nH]c1=O. The van der Waals surface area contributed by atoms with Gasteiger partial charge in [0.05, 0.1) is 23.4 Å². The number of aromatic amines is 1. The largest absolute Gasteiger partial charge is 0.326 e. The number of hydrogen-bond donors (Lipinski definition) is 1. The smallest absolute Gasteiger partial charge is 0.269 e. The van der Waals surface area contributed by atoms with Crippen LogP contribution in [0.5, 0.6) is 0 Å². The molecule has 0 aliphatic carbocycles. The maximum atomic E-state index is 11.9. The zero-order chi connectivity index (χ0) is 17.4. The quantitative estimate of drug-likeness (QED) is 0.612. The van der Waals surface area contributed by atoms with Crippen LogP contribution in [0.25, 0.3) is 11.0 Å². The summed E-state index contributed by atoms with van der Waals surface area (Å²) in [5, 5.41) is 0.675. The van der Waals surface area contributed by atoms with Crippen LogP contribution in [0, 0.1) is 6.92 Å². The lowest BCUT2D eigenvalue weighted by molar-refractivity contribution is 0.677. The molecule has 1 atom stereocenters. The van der Waals surface area contributed by atoms with E-state index >= 15 is 0 Å². The molecule has 5 nitrogen and oxygen atoms in total. The second kappa shape index (κ2) is 6.18. The fourth-order valence-electron chi connectivity index (χ4n) is 3.00. The molecule has 0 fully saturated rings. The normalized spacial score (nSPS) is 12.4. The molecule has 2 heterocycles. The summed E-state index contributed by atoms with van der Waals surface area (Å²) in [4.78, 5) is 23.3. The number of hydrogen-bond acceptors (Lipinski definition) is 3. The molecule has 0 radical (unpaired) electrons. The number of rotatable bonds is 3. The van der Waals surface area contributed by atoms with Crippen molar-refractivity contribution >= 4 is 22.6 Å². The summed E-state index contributed by atoms with van der Waals surface area (Å²) in [6.07, 6.45) is 5.42. The van der Waals surface area contributed by atoms with E-state index in [-0.39, 0.29) is 11.6 Å². The summed E-state index contributed by atoms with van der Waals surface area (Å²) in [7, 11) is 0. The van der Waals surface area contributed by atoms with E-state index in [0.717, 1.165) is 16.6 Å². The molecular formula is C19H15ClN4O. The van der Waals surface area contributed by atoms with Crippen LogP contribution in [-0.2, 0) is 0 Å². The van der Waals surface area contributed by atoms with E-state index in [4.69, 9.17) is 11.6 Å². The molecule has 0 aliphatic rings. The third-order valence-electron chi connectivity index (χ3n) is 4.19. The Hall–Kier alpha value is -2.92. The molecule has 1 N–H and O–H groups in total. The number of H-pyrrole nitrogens is 1. The fraction of sp³-hybridized carbons (Fsp3) is 0.105. The lowest BCUT2D eigenvalue weighted by Crippen LogP contribution is -2.13. The molecule has 6 heteroatoms. The van der Waals surface area contributed by atoms with Crippen LogP contribution >= 0.6 is 11.6 Å². The summed E-state index contributed by atoms with van der Waals surface area (Å²) in [5.74, 6) is 0. The van der Waals surface area contributed by atoms with Crippen molar-refractivity contribution in [3.63, 3.8) is 0 Å². The Morgan fingerprint density at radius 2 is 2.00 bits per heavy atom. The van der Waals surface area contributed by atoms with Crippen molar-refractivity contribution in [1.29, 1.82) is 0 Å². The van der Waals surface area contributed by atoms with Crippen LogP contribution in [0.3, 0.4) is 0 Å². The molecule has 4 aromatic rings. The number of aromatic nitrogens is 4. The Morgan fingerprint density at radius 1 is 1.16 bits per heavy atom. The highest BCUT2D eigenvalue weighted by atomic mass is 35.5. The van der Waals surface area contributed by atoms with Crippen molar-refractivity contribution in [3.8, 4) is 0 Å². The molecule has 124 valence electrons. The molecule has 0 saturated heterocycles. The lowest BCUT2D eigenvalue weighted by Gasteiger charge is -2.20. The number of benzene rings is 2. The Balaban J connectivity index is 1.92. The number of imidazole rings is 1. The second-order valence-corrected chi connectivity index (χ2v) is 6.33. The molecule has 25 heavy (non-hydrogen) atoms. The Kier molecular flexibility index (Phi) is 3.86. The minimum absolute atomic E-state index is 0.101. The molecular weight excluding hydrogens is 336 g/mol. The zero-order valence-electron chi connectivity index (χ0n) is 13.5. The number of aryl methyl sites for hydroxylation is 1. The molecule has 4 rings (SSSR count). The van der Waals surface area contributed by atoms with Gasteiger partial charge in [-0.15, -0.1) is 0 Å². The molecule has 1 unspecified atom stereocenters. The average Bonchev–Trinajstić information content (AvgIpc) is 3.10. The van der Waals surface area contributed by atoms with E-state index in [2.05, 4.69) is 15.0 Å². The minimum atomic E-state index is -0.174. The Labute approximate surface area is 149 Å². The van der Waals surface area contributed by atoms with Gasteiger partial charge in [0.1, 0.15) is 5.69 Å². The van der Waals surface area contributed by atoms with E-state index in [0.29, 0.717) is 16.2 Å². The minimum Gasteiger partial charge on any atom is -0.326 e. The molecule has 0 bridgehead atoms. The van der Waals surface area contributed by atoms with Gasteiger partial charge in [0.15, 0.2) is 0 Å². The lowest BCUT2D eigenvalue weighted by atomic mass is 9.98. The van der Waals surface area contributed by atoms with Gasteiger partial charge in [0, 0.05) is 17.4 Å². The number of halogens is 1. The van der Waals surface area contributed by atoms with Gasteiger partial charge in [0.2, 0.25) is 0 Å². The van der Waals surface area contributed by atoms with Crippen LogP contribution in [0.15, 0.2) is 66.0 Å². The van der Waals surface area contributed by atoms with Gasteiger partial charge >= 0.3 is 0 Å². The zero-order valence-corrected chi connectivity index (χ0v) is 14.2. The molecule has 2 aromatic heterocycles. The summed E-state index contributed by atoms with van der Waals surface area (Å²) in [6.45, 7) is 1.70. The highest BCUT2D eigenvalue weighted by Crippen LogP contribution is 2.29. The van der Waals surface area contributed by atoms with Crippen LogP contribution in [0.2, 0.25) is 5.02 Å². The first kappa shape index (κ1) is 15.6. The monoisotopic (exact) mass is 350 g/mol. The van der Waals surface area contributed by atoms with E-state index < -0.39 is 0 Å². The standard InChI is InChI=1S/C19H15ClN4O/c1-12-19(25)23-17-10-14(5-6-16(17)22-12)18(24-8-7-21-11-24)13-3-2-4-15(20)9-13/h2-11,18H,1H3,(H,23,25).